The summed E-state index contributed by atoms with van der Waals surface area (Å²) in [6.45, 7) is 2.00. The van der Waals surface area contributed by atoms with Crippen LogP contribution in [0, 0.1) is 6.92 Å². The highest BCUT2D eigenvalue weighted by atomic mass is 16.4. The number of hydrogen-bond donors (Lipinski definition) is 0. The third kappa shape index (κ3) is 1.37. The van der Waals surface area contributed by atoms with E-state index in [1.807, 2.05) is 31.2 Å². The molecular weight excluding hydrogens is 161 g/mol. The molecule has 3 heteroatoms. The minimum absolute atomic E-state index is 0.621. The standard InChI is InChI=1S/C10H8BNO/c1-7-5-8-3-2-4-12-10(8)9(6-7)13-11/h2-6H,1H3. The summed E-state index contributed by atoms with van der Waals surface area (Å²) >= 11 is 0. The van der Waals surface area contributed by atoms with E-state index in [1.54, 1.807) is 6.20 Å². The fraction of sp³-hybridized carbons (Fsp3) is 0.100. The Morgan fingerprint density at radius 3 is 3.00 bits per heavy atom. The van der Waals surface area contributed by atoms with Gasteiger partial charge in [0.2, 0.25) is 0 Å². The summed E-state index contributed by atoms with van der Waals surface area (Å²) < 4.78 is 4.75. The molecule has 0 amide bonds. The Morgan fingerprint density at radius 1 is 1.38 bits per heavy atom. The molecule has 0 aliphatic rings. The lowest BCUT2D eigenvalue weighted by molar-refractivity contribution is 0.621. The van der Waals surface area contributed by atoms with Crippen molar-refractivity contribution in [2.45, 2.75) is 6.92 Å². The molecule has 0 saturated heterocycles. The van der Waals surface area contributed by atoms with Crippen LogP contribution < -0.4 is 4.65 Å². The first-order valence-electron chi connectivity index (χ1n) is 4.03. The van der Waals surface area contributed by atoms with Gasteiger partial charge >= 0.3 is 8.05 Å². The normalized spacial score (nSPS) is 10.2. The van der Waals surface area contributed by atoms with Crippen molar-refractivity contribution in [2.75, 3.05) is 0 Å². The Kier molecular flexibility index (Phi) is 1.93. The minimum atomic E-state index is 0.621. The van der Waals surface area contributed by atoms with E-state index in [-0.39, 0.29) is 0 Å². The van der Waals surface area contributed by atoms with Crippen LogP contribution in [0.25, 0.3) is 10.9 Å². The highest BCUT2D eigenvalue weighted by Crippen LogP contribution is 2.24. The van der Waals surface area contributed by atoms with Crippen molar-refractivity contribution in [2.24, 2.45) is 0 Å². The number of aromatic nitrogens is 1. The van der Waals surface area contributed by atoms with Crippen LogP contribution in [0.4, 0.5) is 0 Å². The Morgan fingerprint density at radius 2 is 2.23 bits per heavy atom. The van der Waals surface area contributed by atoms with E-state index < -0.39 is 0 Å². The molecule has 0 atom stereocenters. The fourth-order valence-corrected chi connectivity index (χ4v) is 1.39. The third-order valence-electron chi connectivity index (χ3n) is 1.94. The smallest absolute Gasteiger partial charge is 0.374 e. The van der Waals surface area contributed by atoms with E-state index >= 15 is 0 Å². The first-order chi connectivity index (χ1) is 6.31. The monoisotopic (exact) mass is 169 g/mol. The molecule has 2 rings (SSSR count). The second kappa shape index (κ2) is 3.09. The van der Waals surface area contributed by atoms with E-state index in [9.17, 15) is 0 Å². The molecule has 0 aliphatic heterocycles. The van der Waals surface area contributed by atoms with Gasteiger partial charge in [0, 0.05) is 11.6 Å². The molecule has 0 fully saturated rings. The Labute approximate surface area is 78.0 Å². The molecule has 2 nitrogen and oxygen atoms in total. The van der Waals surface area contributed by atoms with Crippen LogP contribution in [0.5, 0.6) is 5.75 Å². The Hall–Kier alpha value is -1.51. The van der Waals surface area contributed by atoms with Crippen LogP contribution in [0.15, 0.2) is 30.5 Å². The van der Waals surface area contributed by atoms with Crippen molar-refractivity contribution in [3.8, 4) is 5.75 Å². The van der Waals surface area contributed by atoms with Crippen LogP contribution in [0.2, 0.25) is 0 Å². The van der Waals surface area contributed by atoms with Crippen molar-refractivity contribution in [3.05, 3.63) is 36.0 Å². The van der Waals surface area contributed by atoms with Gasteiger partial charge in [0.15, 0.2) is 0 Å². The zero-order valence-corrected chi connectivity index (χ0v) is 7.32. The number of fused-ring (bicyclic) bond motifs is 1. The summed E-state index contributed by atoms with van der Waals surface area (Å²) in [5.74, 6) is 0.621. The highest BCUT2D eigenvalue weighted by Gasteiger charge is 2.01. The molecule has 13 heavy (non-hydrogen) atoms. The zero-order valence-electron chi connectivity index (χ0n) is 7.32. The average Bonchev–Trinajstić information content (AvgIpc) is 2.16. The number of nitrogens with zero attached hydrogens (tertiary/aromatic N) is 1. The number of rotatable bonds is 1. The third-order valence-corrected chi connectivity index (χ3v) is 1.94. The summed E-state index contributed by atoms with van der Waals surface area (Å²) in [6, 6.07) is 7.79. The number of pyridine rings is 1. The van der Waals surface area contributed by atoms with Crippen LogP contribution >= 0.6 is 0 Å². The maximum Gasteiger partial charge on any atom is 0.374 e. The van der Waals surface area contributed by atoms with E-state index in [2.05, 4.69) is 4.98 Å². The predicted molar refractivity (Wildman–Crippen MR) is 52.9 cm³/mol. The molecule has 2 aromatic rings. The van der Waals surface area contributed by atoms with Gasteiger partial charge in [-0.25, -0.2) is 0 Å². The largest absolute Gasteiger partial charge is 0.566 e. The molecule has 0 aliphatic carbocycles. The van der Waals surface area contributed by atoms with Gasteiger partial charge in [-0.05, 0) is 30.7 Å². The first kappa shape index (κ1) is 8.11. The maximum absolute atomic E-state index is 5.14. The summed E-state index contributed by atoms with van der Waals surface area (Å²) in [6.07, 6.45) is 1.72. The molecule has 0 saturated carbocycles. The van der Waals surface area contributed by atoms with Crippen molar-refractivity contribution < 1.29 is 4.65 Å². The number of aryl methyl sites for hydroxylation is 1. The molecule has 0 N–H and O–H groups in total. The quantitative estimate of drug-likeness (QED) is 0.609. The van der Waals surface area contributed by atoms with Gasteiger partial charge in [-0.15, -0.1) is 0 Å². The number of hydrogen-bond acceptors (Lipinski definition) is 2. The summed E-state index contributed by atoms with van der Waals surface area (Å²) in [7, 11) is 5.14. The lowest BCUT2D eigenvalue weighted by Gasteiger charge is -2.05. The summed E-state index contributed by atoms with van der Waals surface area (Å²) in [5, 5.41) is 1.04. The second-order valence-electron chi connectivity index (χ2n) is 2.96. The first-order valence-corrected chi connectivity index (χ1v) is 4.03. The zero-order chi connectivity index (χ0) is 9.26. The average molecular weight is 169 g/mol. The molecule has 1 aromatic carbocycles. The molecule has 62 valence electrons. The van der Waals surface area contributed by atoms with Crippen LogP contribution in [0.1, 0.15) is 5.56 Å². The Bertz CT molecular complexity index is 442. The lowest BCUT2D eigenvalue weighted by Crippen LogP contribution is -1.89. The van der Waals surface area contributed by atoms with Crippen molar-refractivity contribution in [1.29, 1.82) is 0 Å². The second-order valence-corrected chi connectivity index (χ2v) is 2.96. The van der Waals surface area contributed by atoms with Crippen LogP contribution in [-0.2, 0) is 0 Å². The van der Waals surface area contributed by atoms with Crippen molar-refractivity contribution in [3.63, 3.8) is 0 Å². The molecule has 0 unspecified atom stereocenters. The van der Waals surface area contributed by atoms with Crippen molar-refractivity contribution >= 4 is 19.0 Å². The molecule has 0 spiro atoms. The SMILES string of the molecule is [B]Oc1cc(C)cc2cccnc12. The van der Waals surface area contributed by atoms with Gasteiger partial charge in [0.05, 0.1) is 0 Å². The van der Waals surface area contributed by atoms with E-state index in [1.165, 1.54) is 0 Å². The molecule has 1 aromatic heterocycles. The van der Waals surface area contributed by atoms with Crippen LogP contribution in [0.3, 0.4) is 0 Å². The van der Waals surface area contributed by atoms with Gasteiger partial charge in [0.25, 0.3) is 0 Å². The molecule has 0 bridgehead atoms. The molecule has 1 heterocycles. The fourth-order valence-electron chi connectivity index (χ4n) is 1.39. The van der Waals surface area contributed by atoms with Gasteiger partial charge < -0.3 is 4.65 Å². The Balaban J connectivity index is 2.81. The maximum atomic E-state index is 5.14. The summed E-state index contributed by atoms with van der Waals surface area (Å²) in [5.41, 5.74) is 1.91. The van der Waals surface area contributed by atoms with E-state index in [0.29, 0.717) is 5.75 Å². The number of benzene rings is 1. The van der Waals surface area contributed by atoms with Gasteiger partial charge in [-0.3, -0.25) is 4.98 Å². The van der Waals surface area contributed by atoms with Gasteiger partial charge in [-0.2, -0.15) is 0 Å². The van der Waals surface area contributed by atoms with Crippen molar-refractivity contribution in [1.82, 2.24) is 4.98 Å². The topological polar surface area (TPSA) is 22.1 Å². The van der Waals surface area contributed by atoms with Crippen LogP contribution in [-0.4, -0.2) is 13.0 Å². The molecular formula is C10H8BNO. The predicted octanol–water partition coefficient (Wildman–Crippen LogP) is 2.01. The minimum Gasteiger partial charge on any atom is -0.566 e. The van der Waals surface area contributed by atoms with E-state index in [4.69, 9.17) is 12.7 Å². The molecule has 2 radical (unpaired) electrons. The summed E-state index contributed by atoms with van der Waals surface area (Å²) in [4.78, 5) is 4.19. The highest BCUT2D eigenvalue weighted by molar-refractivity contribution is 6.01. The van der Waals surface area contributed by atoms with Gasteiger partial charge in [0.1, 0.15) is 11.3 Å². The van der Waals surface area contributed by atoms with Gasteiger partial charge in [-0.1, -0.05) is 6.07 Å². The lowest BCUT2D eigenvalue weighted by atomic mass is 10.1. The van der Waals surface area contributed by atoms with E-state index in [0.717, 1.165) is 16.5 Å².